The summed E-state index contributed by atoms with van der Waals surface area (Å²) < 4.78 is 0. The van der Waals surface area contributed by atoms with E-state index in [1.165, 1.54) is 4.90 Å². The van der Waals surface area contributed by atoms with E-state index >= 15 is 0 Å². The van der Waals surface area contributed by atoms with Gasteiger partial charge in [0.05, 0.1) is 6.04 Å². The average molecular weight is 246 g/mol. The lowest BCUT2D eigenvalue weighted by atomic mass is 9.94. The highest BCUT2D eigenvalue weighted by Crippen LogP contribution is 2.27. The van der Waals surface area contributed by atoms with Crippen molar-refractivity contribution in [3.63, 3.8) is 0 Å². The Bertz CT molecular complexity index is 426. The quantitative estimate of drug-likeness (QED) is 0.821. The lowest BCUT2D eigenvalue weighted by Gasteiger charge is -2.34. The molecule has 18 heavy (non-hydrogen) atoms. The minimum Gasteiger partial charge on any atom is -0.328 e. The van der Waals surface area contributed by atoms with Crippen LogP contribution < -0.4 is 5.73 Å². The van der Waals surface area contributed by atoms with Crippen LogP contribution in [0.25, 0.3) is 0 Å². The van der Waals surface area contributed by atoms with Crippen molar-refractivity contribution in [1.29, 1.82) is 0 Å². The molecule has 1 heterocycles. The molecule has 1 aromatic carbocycles. The molecule has 2 rings (SSSR count). The molecule has 1 aromatic rings. The molecule has 0 radical (unpaired) electrons. The second-order valence-electron chi connectivity index (χ2n) is 4.83. The third-order valence-corrected chi connectivity index (χ3v) is 3.30. The number of rotatable bonds is 3. The number of hydrogen-bond acceptors (Lipinski definition) is 3. The first kappa shape index (κ1) is 12.8. The molecule has 96 valence electrons. The van der Waals surface area contributed by atoms with Gasteiger partial charge in [-0.05, 0) is 11.5 Å². The molecule has 0 bridgehead atoms. The lowest BCUT2D eigenvalue weighted by molar-refractivity contribution is -0.152. The fraction of sp³-hybridized carbons (Fsp3) is 0.429. The molecule has 4 heteroatoms. The molecule has 0 aromatic heterocycles. The zero-order chi connectivity index (χ0) is 13.1. The SMILES string of the molecule is CC1CC(=O)N(C(CN)c2ccccc2)C(=O)C1. The molecular formula is C14H18N2O2. The monoisotopic (exact) mass is 246 g/mol. The molecule has 0 aliphatic carbocycles. The Morgan fingerprint density at radius 1 is 1.22 bits per heavy atom. The largest absolute Gasteiger partial charge is 0.328 e. The zero-order valence-corrected chi connectivity index (χ0v) is 10.5. The minimum absolute atomic E-state index is 0.113. The first-order valence-corrected chi connectivity index (χ1v) is 6.23. The number of benzene rings is 1. The van der Waals surface area contributed by atoms with Gasteiger partial charge in [-0.15, -0.1) is 0 Å². The van der Waals surface area contributed by atoms with Crippen LogP contribution in [0, 0.1) is 5.92 Å². The van der Waals surface area contributed by atoms with Gasteiger partial charge in [-0.3, -0.25) is 14.5 Å². The Kier molecular flexibility index (Phi) is 3.77. The summed E-state index contributed by atoms with van der Waals surface area (Å²) in [6, 6.07) is 9.14. The minimum atomic E-state index is -0.335. The van der Waals surface area contributed by atoms with Crippen LogP contribution in [0.3, 0.4) is 0 Å². The lowest BCUT2D eigenvalue weighted by Crippen LogP contribution is -2.47. The fourth-order valence-corrected chi connectivity index (χ4v) is 2.42. The summed E-state index contributed by atoms with van der Waals surface area (Å²) in [7, 11) is 0. The second kappa shape index (κ2) is 5.31. The molecule has 1 saturated heterocycles. The first-order chi connectivity index (χ1) is 8.63. The van der Waals surface area contributed by atoms with Crippen molar-refractivity contribution in [1.82, 2.24) is 4.90 Å². The van der Waals surface area contributed by atoms with Crippen LogP contribution in [-0.4, -0.2) is 23.3 Å². The smallest absolute Gasteiger partial charge is 0.230 e. The Hall–Kier alpha value is -1.68. The number of carbonyl (C=O) groups is 2. The molecular weight excluding hydrogens is 228 g/mol. The van der Waals surface area contributed by atoms with Gasteiger partial charge >= 0.3 is 0 Å². The molecule has 1 fully saturated rings. The zero-order valence-electron chi connectivity index (χ0n) is 10.5. The summed E-state index contributed by atoms with van der Waals surface area (Å²) in [6.45, 7) is 2.18. The first-order valence-electron chi connectivity index (χ1n) is 6.23. The summed E-state index contributed by atoms with van der Waals surface area (Å²) in [4.78, 5) is 25.4. The van der Waals surface area contributed by atoms with Gasteiger partial charge in [0, 0.05) is 19.4 Å². The van der Waals surface area contributed by atoms with Crippen LogP contribution >= 0.6 is 0 Å². The highest BCUT2D eigenvalue weighted by Gasteiger charge is 2.35. The molecule has 2 amide bonds. The van der Waals surface area contributed by atoms with Crippen molar-refractivity contribution in [2.45, 2.75) is 25.8 Å². The van der Waals surface area contributed by atoms with Crippen LogP contribution in [-0.2, 0) is 9.59 Å². The Morgan fingerprint density at radius 3 is 2.28 bits per heavy atom. The second-order valence-corrected chi connectivity index (χ2v) is 4.83. The molecule has 0 saturated carbocycles. The number of nitrogens with zero attached hydrogens (tertiary/aromatic N) is 1. The number of imide groups is 1. The highest BCUT2D eigenvalue weighted by molar-refractivity contribution is 5.98. The van der Waals surface area contributed by atoms with E-state index in [-0.39, 0.29) is 30.3 Å². The van der Waals surface area contributed by atoms with Crippen molar-refractivity contribution >= 4 is 11.8 Å². The van der Waals surface area contributed by atoms with E-state index in [0.717, 1.165) is 5.56 Å². The summed E-state index contributed by atoms with van der Waals surface area (Å²) in [5, 5.41) is 0. The van der Waals surface area contributed by atoms with Gasteiger partial charge in [-0.2, -0.15) is 0 Å². The van der Waals surface area contributed by atoms with Gasteiger partial charge in [0.1, 0.15) is 0 Å². The van der Waals surface area contributed by atoms with Gasteiger partial charge < -0.3 is 5.73 Å². The third-order valence-electron chi connectivity index (χ3n) is 3.30. The van der Waals surface area contributed by atoms with E-state index in [2.05, 4.69) is 0 Å². The van der Waals surface area contributed by atoms with Crippen LogP contribution in [0.15, 0.2) is 30.3 Å². The van der Waals surface area contributed by atoms with Crippen molar-refractivity contribution in [2.24, 2.45) is 11.7 Å². The normalized spacial score (nSPS) is 19.1. The van der Waals surface area contributed by atoms with E-state index in [4.69, 9.17) is 5.73 Å². The average Bonchev–Trinajstić information content (AvgIpc) is 2.34. The number of carbonyl (C=O) groups excluding carboxylic acids is 2. The predicted octanol–water partition coefficient (Wildman–Crippen LogP) is 1.47. The van der Waals surface area contributed by atoms with Crippen LogP contribution in [0.2, 0.25) is 0 Å². The van der Waals surface area contributed by atoms with Crippen molar-refractivity contribution in [3.8, 4) is 0 Å². The van der Waals surface area contributed by atoms with E-state index in [0.29, 0.717) is 12.8 Å². The Labute approximate surface area is 107 Å². The van der Waals surface area contributed by atoms with Crippen LogP contribution in [0.4, 0.5) is 0 Å². The van der Waals surface area contributed by atoms with Gasteiger partial charge in [0.15, 0.2) is 0 Å². The van der Waals surface area contributed by atoms with E-state index in [1.54, 1.807) is 0 Å². The van der Waals surface area contributed by atoms with E-state index in [1.807, 2.05) is 37.3 Å². The number of hydrogen-bond donors (Lipinski definition) is 1. The number of nitrogens with two attached hydrogens (primary N) is 1. The highest BCUT2D eigenvalue weighted by atomic mass is 16.2. The van der Waals surface area contributed by atoms with E-state index in [9.17, 15) is 9.59 Å². The molecule has 1 aliphatic rings. The van der Waals surface area contributed by atoms with Crippen LogP contribution in [0.1, 0.15) is 31.4 Å². The Morgan fingerprint density at radius 2 is 1.78 bits per heavy atom. The van der Waals surface area contributed by atoms with Gasteiger partial charge in [-0.1, -0.05) is 37.3 Å². The van der Waals surface area contributed by atoms with Gasteiger partial charge in [0.2, 0.25) is 11.8 Å². The predicted molar refractivity (Wildman–Crippen MR) is 68.5 cm³/mol. The van der Waals surface area contributed by atoms with Gasteiger partial charge in [-0.25, -0.2) is 0 Å². The maximum Gasteiger partial charge on any atom is 0.230 e. The van der Waals surface area contributed by atoms with Crippen molar-refractivity contribution in [2.75, 3.05) is 6.54 Å². The standard InChI is InChI=1S/C14H18N2O2/c1-10-7-13(17)16(14(18)8-10)12(9-15)11-5-3-2-4-6-11/h2-6,10,12H,7-9,15H2,1H3. The molecule has 1 unspecified atom stereocenters. The number of amides is 2. The molecule has 1 aliphatic heterocycles. The molecule has 0 spiro atoms. The summed E-state index contributed by atoms with van der Waals surface area (Å²) >= 11 is 0. The summed E-state index contributed by atoms with van der Waals surface area (Å²) in [5.41, 5.74) is 6.66. The number of likely N-dealkylation sites (tertiary alicyclic amines) is 1. The summed E-state index contributed by atoms with van der Waals surface area (Å²) in [6.07, 6.45) is 0.851. The third kappa shape index (κ3) is 2.43. The van der Waals surface area contributed by atoms with Crippen LogP contribution in [0.5, 0.6) is 0 Å². The maximum absolute atomic E-state index is 12.0. The molecule has 1 atom stereocenters. The number of piperidine rings is 1. The molecule has 2 N–H and O–H groups in total. The van der Waals surface area contributed by atoms with Crippen molar-refractivity contribution < 1.29 is 9.59 Å². The maximum atomic E-state index is 12.0. The van der Waals surface area contributed by atoms with E-state index < -0.39 is 0 Å². The topological polar surface area (TPSA) is 63.4 Å². The Balaban J connectivity index is 2.27. The summed E-state index contributed by atoms with van der Waals surface area (Å²) in [5.74, 6) is -0.0912. The molecule has 4 nitrogen and oxygen atoms in total. The fourth-order valence-electron chi connectivity index (χ4n) is 2.42. The van der Waals surface area contributed by atoms with Gasteiger partial charge in [0.25, 0.3) is 0 Å². The van der Waals surface area contributed by atoms with Crippen molar-refractivity contribution in [3.05, 3.63) is 35.9 Å².